The minimum Gasteiger partial charge on any atom is -0.489 e. The standard InChI is InChI=1S/C11H10ClNO5/c1-3-17-8-5(10(14)16-2)4-6(12)7-9(8)18-11(15)13-7/h4H,3H2,1-2H3,(H,13,15). The van der Waals surface area contributed by atoms with Crippen molar-refractivity contribution < 1.29 is 18.7 Å². The molecule has 1 heterocycles. The smallest absolute Gasteiger partial charge is 0.417 e. The number of aromatic amines is 1. The number of methoxy groups -OCH3 is 1. The lowest BCUT2D eigenvalue weighted by atomic mass is 10.2. The first kappa shape index (κ1) is 12.5. The predicted octanol–water partition coefficient (Wildman–Crippen LogP) is 1.96. The number of rotatable bonds is 3. The van der Waals surface area contributed by atoms with Crippen LogP contribution in [0, 0.1) is 0 Å². The molecule has 1 aromatic heterocycles. The molecule has 0 atom stereocenters. The van der Waals surface area contributed by atoms with Crippen molar-refractivity contribution in [2.45, 2.75) is 6.92 Å². The third-order valence-electron chi connectivity index (χ3n) is 2.30. The van der Waals surface area contributed by atoms with Crippen molar-refractivity contribution >= 4 is 28.7 Å². The summed E-state index contributed by atoms with van der Waals surface area (Å²) in [5.41, 5.74) is 0.507. The molecular formula is C11H10ClNO5. The molecule has 18 heavy (non-hydrogen) atoms. The van der Waals surface area contributed by atoms with Gasteiger partial charge in [-0.15, -0.1) is 0 Å². The fourth-order valence-electron chi connectivity index (χ4n) is 1.59. The van der Waals surface area contributed by atoms with Crippen molar-refractivity contribution in [2.24, 2.45) is 0 Å². The van der Waals surface area contributed by atoms with Gasteiger partial charge in [-0.25, -0.2) is 9.59 Å². The number of H-pyrrole nitrogens is 1. The molecule has 0 aliphatic carbocycles. The lowest BCUT2D eigenvalue weighted by molar-refractivity contribution is 0.0596. The number of aromatic nitrogens is 1. The monoisotopic (exact) mass is 271 g/mol. The Hall–Kier alpha value is -1.95. The van der Waals surface area contributed by atoms with Crippen LogP contribution in [0.3, 0.4) is 0 Å². The number of ether oxygens (including phenoxy) is 2. The number of hydrogen-bond acceptors (Lipinski definition) is 5. The molecule has 2 rings (SSSR count). The van der Waals surface area contributed by atoms with Crippen LogP contribution in [-0.2, 0) is 4.74 Å². The van der Waals surface area contributed by atoms with Crippen LogP contribution in [0.25, 0.3) is 11.1 Å². The average molecular weight is 272 g/mol. The Bertz CT molecular complexity index is 657. The van der Waals surface area contributed by atoms with E-state index in [1.165, 1.54) is 13.2 Å². The Morgan fingerprint density at radius 3 is 2.89 bits per heavy atom. The zero-order valence-corrected chi connectivity index (χ0v) is 10.5. The van der Waals surface area contributed by atoms with Gasteiger partial charge < -0.3 is 13.9 Å². The topological polar surface area (TPSA) is 81.5 Å². The molecule has 0 aliphatic heterocycles. The van der Waals surface area contributed by atoms with E-state index in [1.54, 1.807) is 6.92 Å². The summed E-state index contributed by atoms with van der Waals surface area (Å²) in [7, 11) is 1.24. The van der Waals surface area contributed by atoms with Crippen LogP contribution in [0.15, 0.2) is 15.3 Å². The summed E-state index contributed by atoms with van der Waals surface area (Å²) >= 11 is 5.96. The molecule has 0 unspecified atom stereocenters. The van der Waals surface area contributed by atoms with E-state index < -0.39 is 11.7 Å². The molecule has 7 heteroatoms. The van der Waals surface area contributed by atoms with Gasteiger partial charge >= 0.3 is 11.7 Å². The summed E-state index contributed by atoms with van der Waals surface area (Å²) in [6.45, 7) is 2.04. The number of carbonyl (C=O) groups is 1. The molecule has 1 aromatic carbocycles. The molecule has 0 saturated carbocycles. The molecule has 0 radical (unpaired) electrons. The molecule has 0 bridgehead atoms. The third-order valence-corrected chi connectivity index (χ3v) is 2.60. The lowest BCUT2D eigenvalue weighted by Crippen LogP contribution is -2.06. The summed E-state index contributed by atoms with van der Waals surface area (Å²) in [5, 5.41) is 0.180. The van der Waals surface area contributed by atoms with Crippen LogP contribution in [0.4, 0.5) is 0 Å². The van der Waals surface area contributed by atoms with Gasteiger partial charge in [-0.1, -0.05) is 11.6 Å². The van der Waals surface area contributed by atoms with Gasteiger partial charge in [-0.2, -0.15) is 0 Å². The first-order chi connectivity index (χ1) is 8.58. The fraction of sp³-hybridized carbons (Fsp3) is 0.273. The summed E-state index contributed by atoms with van der Waals surface area (Å²) in [5.74, 6) is -1.15. The Kier molecular flexibility index (Phi) is 3.29. The Balaban J connectivity index is 2.81. The Morgan fingerprint density at radius 2 is 2.28 bits per heavy atom. The number of halogens is 1. The van der Waals surface area contributed by atoms with Gasteiger partial charge in [0.25, 0.3) is 0 Å². The summed E-state index contributed by atoms with van der Waals surface area (Å²) in [4.78, 5) is 25.2. The minimum absolute atomic E-state index is 0.106. The third kappa shape index (κ3) is 1.95. The van der Waals surface area contributed by atoms with E-state index in [4.69, 9.17) is 20.8 Å². The minimum atomic E-state index is -0.671. The lowest BCUT2D eigenvalue weighted by Gasteiger charge is -2.09. The first-order valence-corrected chi connectivity index (χ1v) is 5.52. The van der Waals surface area contributed by atoms with Crippen molar-refractivity contribution in [2.75, 3.05) is 13.7 Å². The van der Waals surface area contributed by atoms with E-state index in [2.05, 4.69) is 9.72 Å². The highest BCUT2D eigenvalue weighted by Gasteiger charge is 2.22. The molecule has 0 aliphatic rings. The van der Waals surface area contributed by atoms with Gasteiger partial charge in [0, 0.05) is 0 Å². The van der Waals surface area contributed by atoms with Gasteiger partial charge in [0.2, 0.25) is 5.58 Å². The number of carbonyl (C=O) groups excluding carboxylic acids is 1. The second-order valence-corrected chi connectivity index (χ2v) is 3.79. The van der Waals surface area contributed by atoms with Crippen LogP contribution in [0.5, 0.6) is 5.75 Å². The van der Waals surface area contributed by atoms with Crippen molar-refractivity contribution in [3.63, 3.8) is 0 Å². The molecule has 0 spiro atoms. The molecule has 6 nitrogen and oxygen atoms in total. The van der Waals surface area contributed by atoms with Crippen molar-refractivity contribution in [1.29, 1.82) is 0 Å². The number of esters is 1. The van der Waals surface area contributed by atoms with Gasteiger partial charge in [0.1, 0.15) is 11.1 Å². The van der Waals surface area contributed by atoms with Crippen LogP contribution >= 0.6 is 11.6 Å². The maximum Gasteiger partial charge on any atom is 0.417 e. The van der Waals surface area contributed by atoms with Crippen LogP contribution in [0.1, 0.15) is 17.3 Å². The quantitative estimate of drug-likeness (QED) is 0.863. The number of oxazole rings is 1. The fourth-order valence-corrected chi connectivity index (χ4v) is 1.83. The highest BCUT2D eigenvalue weighted by atomic mass is 35.5. The number of nitrogens with one attached hydrogen (secondary N) is 1. The summed E-state index contributed by atoms with van der Waals surface area (Å²) < 4.78 is 14.9. The molecule has 0 amide bonds. The maximum atomic E-state index is 11.6. The molecule has 1 N–H and O–H groups in total. The maximum absolute atomic E-state index is 11.6. The number of hydrogen-bond donors (Lipinski definition) is 1. The van der Waals surface area contributed by atoms with Crippen LogP contribution in [-0.4, -0.2) is 24.7 Å². The van der Waals surface area contributed by atoms with E-state index in [9.17, 15) is 9.59 Å². The molecular weight excluding hydrogens is 262 g/mol. The normalized spacial score (nSPS) is 10.6. The van der Waals surface area contributed by atoms with Crippen molar-refractivity contribution in [3.05, 3.63) is 27.2 Å². The van der Waals surface area contributed by atoms with Crippen LogP contribution < -0.4 is 10.5 Å². The molecule has 96 valence electrons. The van der Waals surface area contributed by atoms with Gasteiger partial charge in [-0.3, -0.25) is 4.98 Å². The predicted molar refractivity (Wildman–Crippen MR) is 64.4 cm³/mol. The summed E-state index contributed by atoms with van der Waals surface area (Å²) in [6, 6.07) is 1.37. The molecule has 0 saturated heterocycles. The van der Waals surface area contributed by atoms with E-state index >= 15 is 0 Å². The number of benzene rings is 1. The van der Waals surface area contributed by atoms with Crippen LogP contribution in [0.2, 0.25) is 5.02 Å². The first-order valence-electron chi connectivity index (χ1n) is 5.15. The SMILES string of the molecule is CCOc1c(C(=O)OC)cc(Cl)c2[nH]c(=O)oc12. The number of fused-ring (bicyclic) bond motifs is 1. The highest BCUT2D eigenvalue weighted by molar-refractivity contribution is 6.35. The second-order valence-electron chi connectivity index (χ2n) is 3.38. The van der Waals surface area contributed by atoms with Gasteiger partial charge in [-0.05, 0) is 13.0 Å². The van der Waals surface area contributed by atoms with E-state index in [0.717, 1.165) is 0 Å². The van der Waals surface area contributed by atoms with E-state index in [1.807, 2.05) is 0 Å². The molecule has 0 fully saturated rings. The molecule has 2 aromatic rings. The second kappa shape index (κ2) is 4.73. The Morgan fingerprint density at radius 1 is 1.56 bits per heavy atom. The zero-order valence-electron chi connectivity index (χ0n) is 9.70. The van der Waals surface area contributed by atoms with E-state index in [-0.39, 0.29) is 27.4 Å². The van der Waals surface area contributed by atoms with Crippen molar-refractivity contribution in [3.8, 4) is 5.75 Å². The van der Waals surface area contributed by atoms with Crippen molar-refractivity contribution in [1.82, 2.24) is 4.98 Å². The Labute approximate surface area is 106 Å². The highest BCUT2D eigenvalue weighted by Crippen LogP contribution is 2.34. The zero-order chi connectivity index (χ0) is 13.3. The average Bonchev–Trinajstić information content (AvgIpc) is 2.74. The van der Waals surface area contributed by atoms with E-state index in [0.29, 0.717) is 6.61 Å². The van der Waals surface area contributed by atoms with Gasteiger partial charge in [0.15, 0.2) is 5.75 Å². The largest absolute Gasteiger partial charge is 0.489 e. The van der Waals surface area contributed by atoms with Gasteiger partial charge in [0.05, 0.1) is 18.7 Å². The summed E-state index contributed by atoms with van der Waals surface area (Å²) in [6.07, 6.45) is 0.